The molecule has 6 heteroatoms. The summed E-state index contributed by atoms with van der Waals surface area (Å²) in [6.45, 7) is 2.88. The molecule has 0 spiro atoms. The molecule has 1 atom stereocenters. The van der Waals surface area contributed by atoms with Crippen molar-refractivity contribution >= 4 is 17.3 Å². The normalized spacial score (nSPS) is 16.6. The molecule has 0 saturated carbocycles. The predicted molar refractivity (Wildman–Crippen MR) is 101 cm³/mol. The van der Waals surface area contributed by atoms with Crippen LogP contribution in [0.4, 0.5) is 0 Å². The zero-order chi connectivity index (χ0) is 17.5. The molecule has 1 aliphatic rings. The number of benzene rings is 1. The molecule has 1 saturated heterocycles. The lowest BCUT2D eigenvalue weighted by Crippen LogP contribution is -2.41. The first-order chi connectivity index (χ1) is 12.2. The van der Waals surface area contributed by atoms with Crippen LogP contribution in [-0.2, 0) is 17.8 Å². The quantitative estimate of drug-likeness (QED) is 0.764. The van der Waals surface area contributed by atoms with Crippen LogP contribution in [0.3, 0.4) is 0 Å². The van der Waals surface area contributed by atoms with E-state index in [0.717, 1.165) is 43.1 Å². The van der Waals surface area contributed by atoms with Crippen molar-refractivity contribution in [2.75, 3.05) is 20.3 Å². The zero-order valence-electron chi connectivity index (χ0n) is 14.4. The highest BCUT2D eigenvalue weighted by Crippen LogP contribution is 2.17. The van der Waals surface area contributed by atoms with Crippen molar-refractivity contribution in [1.29, 1.82) is 0 Å². The number of methoxy groups -OCH3 is 1. The van der Waals surface area contributed by atoms with Crippen molar-refractivity contribution in [3.05, 3.63) is 54.0 Å². The molecular weight excluding hydrogens is 336 g/mol. The van der Waals surface area contributed by atoms with E-state index in [1.807, 2.05) is 30.3 Å². The highest BCUT2D eigenvalue weighted by atomic mass is 32.1. The van der Waals surface area contributed by atoms with Crippen molar-refractivity contribution < 1.29 is 13.9 Å². The Labute approximate surface area is 153 Å². The lowest BCUT2D eigenvalue weighted by Gasteiger charge is -2.26. The number of thiocarbonyl (C=S) groups is 1. The van der Waals surface area contributed by atoms with E-state index < -0.39 is 0 Å². The minimum Gasteiger partial charge on any atom is -0.497 e. The average Bonchev–Trinajstić information content (AvgIpc) is 3.33. The molecule has 0 aliphatic carbocycles. The van der Waals surface area contributed by atoms with Gasteiger partial charge in [0.2, 0.25) is 0 Å². The minimum absolute atomic E-state index is 0.250. The Bertz CT molecular complexity index is 669. The molecule has 3 rings (SSSR count). The number of hydrogen-bond acceptors (Lipinski definition) is 4. The Morgan fingerprint density at radius 3 is 2.96 bits per heavy atom. The molecule has 25 heavy (non-hydrogen) atoms. The first-order valence-electron chi connectivity index (χ1n) is 8.54. The molecule has 1 N–H and O–H groups in total. The van der Waals surface area contributed by atoms with Gasteiger partial charge in [0.15, 0.2) is 5.11 Å². The van der Waals surface area contributed by atoms with Crippen molar-refractivity contribution in [2.45, 2.75) is 32.0 Å². The monoisotopic (exact) mass is 360 g/mol. The molecule has 2 heterocycles. The fourth-order valence-electron chi connectivity index (χ4n) is 2.90. The van der Waals surface area contributed by atoms with E-state index in [4.69, 9.17) is 26.1 Å². The van der Waals surface area contributed by atoms with Crippen LogP contribution in [0.1, 0.15) is 24.2 Å². The van der Waals surface area contributed by atoms with Crippen LogP contribution in [0.2, 0.25) is 0 Å². The van der Waals surface area contributed by atoms with Crippen LogP contribution in [-0.4, -0.2) is 36.4 Å². The van der Waals surface area contributed by atoms with Gasteiger partial charge in [0.1, 0.15) is 11.5 Å². The zero-order valence-corrected chi connectivity index (χ0v) is 15.3. The van der Waals surface area contributed by atoms with E-state index in [1.165, 1.54) is 0 Å². The summed E-state index contributed by atoms with van der Waals surface area (Å²) in [5.74, 6) is 1.72. The maximum Gasteiger partial charge on any atom is 0.169 e. The maximum atomic E-state index is 5.66. The van der Waals surface area contributed by atoms with Gasteiger partial charge in [-0.05, 0) is 54.9 Å². The highest BCUT2D eigenvalue weighted by molar-refractivity contribution is 7.80. The number of furan rings is 1. The van der Waals surface area contributed by atoms with Crippen molar-refractivity contribution in [3.8, 4) is 5.75 Å². The fraction of sp³-hybridized carbons (Fsp3) is 0.421. The number of nitrogens with zero attached hydrogens (tertiary/aromatic N) is 1. The Morgan fingerprint density at radius 1 is 1.32 bits per heavy atom. The first kappa shape index (κ1) is 17.8. The maximum absolute atomic E-state index is 5.66. The molecule has 1 aromatic carbocycles. The SMILES string of the molecule is COc1cccc(CN(Cc2ccco2)C(=S)NC[C@H]2CCCO2)c1. The van der Waals surface area contributed by atoms with Crippen molar-refractivity contribution in [2.24, 2.45) is 0 Å². The molecule has 0 radical (unpaired) electrons. The number of ether oxygens (including phenoxy) is 2. The van der Waals surface area contributed by atoms with Gasteiger partial charge in [-0.2, -0.15) is 0 Å². The molecule has 2 aromatic rings. The van der Waals surface area contributed by atoms with Crippen LogP contribution >= 0.6 is 12.2 Å². The minimum atomic E-state index is 0.250. The van der Waals surface area contributed by atoms with Gasteiger partial charge in [-0.3, -0.25) is 0 Å². The Hall–Kier alpha value is -2.05. The summed E-state index contributed by atoms with van der Waals surface area (Å²) in [5.41, 5.74) is 1.13. The van der Waals surface area contributed by atoms with Gasteiger partial charge in [0, 0.05) is 19.7 Å². The molecular formula is C19H24N2O3S. The third kappa shape index (κ3) is 5.21. The van der Waals surface area contributed by atoms with Gasteiger partial charge in [-0.1, -0.05) is 12.1 Å². The summed E-state index contributed by atoms with van der Waals surface area (Å²) in [5, 5.41) is 4.05. The fourth-order valence-corrected chi connectivity index (χ4v) is 3.11. The van der Waals surface area contributed by atoms with Crippen LogP contribution in [0.5, 0.6) is 5.75 Å². The third-order valence-corrected chi connectivity index (χ3v) is 4.63. The van der Waals surface area contributed by atoms with E-state index in [0.29, 0.717) is 18.2 Å². The molecule has 5 nitrogen and oxygen atoms in total. The first-order valence-corrected chi connectivity index (χ1v) is 8.95. The second-order valence-electron chi connectivity index (χ2n) is 6.11. The highest BCUT2D eigenvalue weighted by Gasteiger charge is 2.18. The summed E-state index contributed by atoms with van der Waals surface area (Å²) in [7, 11) is 1.67. The van der Waals surface area contributed by atoms with Crippen molar-refractivity contribution in [1.82, 2.24) is 10.2 Å². The summed E-state index contributed by atoms with van der Waals surface area (Å²) in [6.07, 6.45) is 4.14. The molecule has 0 bridgehead atoms. The third-order valence-electron chi connectivity index (χ3n) is 4.23. The molecule has 134 valence electrons. The number of nitrogens with one attached hydrogen (secondary N) is 1. The summed E-state index contributed by atoms with van der Waals surface area (Å²) in [6, 6.07) is 11.9. The van der Waals surface area contributed by atoms with E-state index >= 15 is 0 Å². The van der Waals surface area contributed by atoms with E-state index in [-0.39, 0.29) is 6.10 Å². The summed E-state index contributed by atoms with van der Waals surface area (Å²) in [4.78, 5) is 2.10. The van der Waals surface area contributed by atoms with Crippen LogP contribution < -0.4 is 10.1 Å². The van der Waals surface area contributed by atoms with Crippen LogP contribution in [0.15, 0.2) is 47.1 Å². The molecule has 1 aliphatic heterocycles. The van der Waals surface area contributed by atoms with Crippen LogP contribution in [0.25, 0.3) is 0 Å². The lowest BCUT2D eigenvalue weighted by atomic mass is 10.2. The van der Waals surface area contributed by atoms with E-state index in [9.17, 15) is 0 Å². The van der Waals surface area contributed by atoms with Gasteiger partial charge in [-0.15, -0.1) is 0 Å². The number of hydrogen-bond donors (Lipinski definition) is 1. The second-order valence-corrected chi connectivity index (χ2v) is 6.49. The Kier molecular flexibility index (Phi) is 6.30. The molecule has 1 fully saturated rings. The summed E-state index contributed by atoms with van der Waals surface area (Å²) < 4.78 is 16.5. The molecule has 1 aromatic heterocycles. The Balaban J connectivity index is 1.66. The van der Waals surface area contributed by atoms with Gasteiger partial charge in [-0.25, -0.2) is 0 Å². The molecule has 0 amide bonds. The van der Waals surface area contributed by atoms with Gasteiger partial charge >= 0.3 is 0 Å². The standard InChI is InChI=1S/C19H24N2O3S/c1-22-16-6-2-5-15(11-16)13-21(14-18-8-4-10-24-18)19(25)20-12-17-7-3-9-23-17/h2,4-6,8,10-11,17H,3,7,9,12-14H2,1H3,(H,20,25)/t17-/m1/s1. The smallest absolute Gasteiger partial charge is 0.169 e. The van der Waals surface area contributed by atoms with Gasteiger partial charge in [0.25, 0.3) is 0 Å². The predicted octanol–water partition coefficient (Wildman–Crippen LogP) is 3.34. The topological polar surface area (TPSA) is 46.9 Å². The van der Waals surface area contributed by atoms with Crippen molar-refractivity contribution in [3.63, 3.8) is 0 Å². The van der Waals surface area contributed by atoms with E-state index in [1.54, 1.807) is 13.4 Å². The van der Waals surface area contributed by atoms with Crippen LogP contribution in [0, 0.1) is 0 Å². The summed E-state index contributed by atoms with van der Waals surface area (Å²) >= 11 is 5.63. The van der Waals surface area contributed by atoms with Gasteiger partial charge in [0.05, 0.1) is 26.0 Å². The average molecular weight is 360 g/mol. The van der Waals surface area contributed by atoms with E-state index in [2.05, 4.69) is 16.3 Å². The largest absolute Gasteiger partial charge is 0.497 e. The molecule has 0 unspecified atom stereocenters. The second kappa shape index (κ2) is 8.87. The Morgan fingerprint density at radius 2 is 2.24 bits per heavy atom. The number of rotatable bonds is 7. The lowest BCUT2D eigenvalue weighted by molar-refractivity contribution is 0.113. The van der Waals surface area contributed by atoms with Gasteiger partial charge < -0.3 is 24.1 Å².